The van der Waals surface area contributed by atoms with Crippen molar-refractivity contribution in [3.8, 4) is 11.5 Å². The van der Waals surface area contributed by atoms with Gasteiger partial charge in [0, 0.05) is 34.8 Å². The Hall–Kier alpha value is -5.16. The Balaban J connectivity index is 1.50. The number of ether oxygens (including phenoxy) is 3. The SMILES string of the molecule is C=C(C)C(=O)OCCOc1cccc(Nc2nc(Nc3ccccc3)nc(Nc3cccc(OCCO)c3)n2)c1. The second kappa shape index (κ2) is 14.1. The molecule has 0 aliphatic heterocycles. The number of aromatic nitrogens is 3. The van der Waals surface area contributed by atoms with Crippen LogP contribution in [0, 0.1) is 0 Å². The number of para-hydroxylation sites is 1. The molecule has 11 nitrogen and oxygen atoms in total. The molecule has 0 fully saturated rings. The van der Waals surface area contributed by atoms with Gasteiger partial charge >= 0.3 is 5.97 Å². The summed E-state index contributed by atoms with van der Waals surface area (Å²) in [5, 5.41) is 18.6. The van der Waals surface area contributed by atoms with Crippen molar-refractivity contribution >= 4 is 40.9 Å². The van der Waals surface area contributed by atoms with E-state index < -0.39 is 5.97 Å². The van der Waals surface area contributed by atoms with E-state index in [2.05, 4.69) is 37.5 Å². The summed E-state index contributed by atoms with van der Waals surface area (Å²) in [6, 6.07) is 24.0. The van der Waals surface area contributed by atoms with Gasteiger partial charge in [0.05, 0.1) is 6.61 Å². The first-order chi connectivity index (χ1) is 19.5. The quantitative estimate of drug-likeness (QED) is 0.0975. The predicted molar refractivity (Wildman–Crippen MR) is 153 cm³/mol. The Morgan fingerprint density at radius 2 is 1.23 bits per heavy atom. The molecule has 11 heteroatoms. The Kier molecular flexibility index (Phi) is 9.84. The summed E-state index contributed by atoms with van der Waals surface area (Å²) in [5.41, 5.74) is 2.52. The number of nitrogens with zero attached hydrogens (tertiary/aromatic N) is 3. The van der Waals surface area contributed by atoms with E-state index in [0.717, 1.165) is 5.69 Å². The highest BCUT2D eigenvalue weighted by Crippen LogP contribution is 2.24. The first-order valence-electron chi connectivity index (χ1n) is 12.5. The van der Waals surface area contributed by atoms with Crippen LogP contribution in [-0.2, 0) is 9.53 Å². The summed E-state index contributed by atoms with van der Waals surface area (Å²) in [4.78, 5) is 25.1. The molecule has 0 amide bonds. The van der Waals surface area contributed by atoms with Gasteiger partial charge in [0.25, 0.3) is 0 Å². The van der Waals surface area contributed by atoms with Gasteiger partial charge in [0.2, 0.25) is 17.8 Å². The standard InChI is InChI=1S/C29H30N6O5/c1-20(2)26(37)40-17-16-39-25-13-7-11-23(19-25)32-29-34-27(30-21-8-4-3-5-9-21)33-28(35-29)31-22-10-6-12-24(18-22)38-15-14-36/h3-13,18-19,36H,1,14-17H2,2H3,(H3,30,31,32,33,34,35). The fraction of sp³-hybridized carbons (Fsp3) is 0.172. The summed E-state index contributed by atoms with van der Waals surface area (Å²) in [5.74, 6) is 1.62. The van der Waals surface area contributed by atoms with E-state index in [1.807, 2.05) is 54.6 Å². The fourth-order valence-electron chi connectivity index (χ4n) is 3.36. The van der Waals surface area contributed by atoms with E-state index in [1.54, 1.807) is 31.2 Å². The van der Waals surface area contributed by atoms with Crippen molar-refractivity contribution in [1.82, 2.24) is 15.0 Å². The lowest BCUT2D eigenvalue weighted by Crippen LogP contribution is -2.12. The zero-order chi connectivity index (χ0) is 28.2. The molecule has 0 atom stereocenters. The second-order valence-corrected chi connectivity index (χ2v) is 8.44. The van der Waals surface area contributed by atoms with E-state index in [1.165, 1.54) is 0 Å². The lowest BCUT2D eigenvalue weighted by atomic mass is 10.3. The zero-order valence-electron chi connectivity index (χ0n) is 22.0. The second-order valence-electron chi connectivity index (χ2n) is 8.44. The molecule has 4 aromatic rings. The van der Waals surface area contributed by atoms with Crippen LogP contribution in [0.15, 0.2) is 91.0 Å². The van der Waals surface area contributed by atoms with Gasteiger partial charge in [-0.3, -0.25) is 0 Å². The molecule has 0 bridgehead atoms. The average Bonchev–Trinajstić information content (AvgIpc) is 2.95. The molecule has 0 saturated carbocycles. The van der Waals surface area contributed by atoms with Crippen LogP contribution in [-0.4, -0.2) is 52.5 Å². The number of aliphatic hydroxyl groups excluding tert-OH is 1. The Bertz CT molecular complexity index is 1430. The number of anilines is 6. The number of hydrogen-bond donors (Lipinski definition) is 4. The number of aliphatic hydroxyl groups is 1. The van der Waals surface area contributed by atoms with Crippen LogP contribution < -0.4 is 25.4 Å². The number of rotatable bonds is 14. The van der Waals surface area contributed by atoms with Gasteiger partial charge < -0.3 is 35.3 Å². The number of nitrogens with one attached hydrogen (secondary N) is 3. The van der Waals surface area contributed by atoms with Gasteiger partial charge in [-0.05, 0) is 43.3 Å². The monoisotopic (exact) mass is 542 g/mol. The van der Waals surface area contributed by atoms with Crippen LogP contribution >= 0.6 is 0 Å². The molecular weight excluding hydrogens is 512 g/mol. The molecule has 0 saturated heterocycles. The molecule has 1 aromatic heterocycles. The summed E-state index contributed by atoms with van der Waals surface area (Å²) >= 11 is 0. The average molecular weight is 543 g/mol. The highest BCUT2D eigenvalue weighted by molar-refractivity contribution is 5.86. The summed E-state index contributed by atoms with van der Waals surface area (Å²) in [6.45, 7) is 5.55. The maximum atomic E-state index is 11.5. The normalized spacial score (nSPS) is 10.3. The molecule has 0 spiro atoms. The molecule has 3 aromatic carbocycles. The van der Waals surface area contributed by atoms with Crippen LogP contribution in [0.1, 0.15) is 6.92 Å². The summed E-state index contributed by atoms with van der Waals surface area (Å²) in [6.07, 6.45) is 0. The largest absolute Gasteiger partial charge is 0.491 e. The van der Waals surface area contributed by atoms with E-state index in [0.29, 0.717) is 40.3 Å². The molecule has 0 radical (unpaired) electrons. The van der Waals surface area contributed by atoms with Crippen molar-refractivity contribution in [2.24, 2.45) is 0 Å². The van der Waals surface area contributed by atoms with Gasteiger partial charge in [0.15, 0.2) is 0 Å². The van der Waals surface area contributed by atoms with Crippen molar-refractivity contribution in [1.29, 1.82) is 0 Å². The topological polar surface area (TPSA) is 140 Å². The minimum atomic E-state index is -0.456. The van der Waals surface area contributed by atoms with E-state index in [9.17, 15) is 4.79 Å². The molecule has 4 N–H and O–H groups in total. The first kappa shape index (κ1) is 27.9. The van der Waals surface area contributed by atoms with Crippen LogP contribution in [0.2, 0.25) is 0 Å². The van der Waals surface area contributed by atoms with Crippen LogP contribution in [0.4, 0.5) is 34.9 Å². The minimum absolute atomic E-state index is 0.0800. The number of carbonyl (C=O) groups is 1. The van der Waals surface area contributed by atoms with Crippen molar-refractivity contribution in [2.75, 3.05) is 42.4 Å². The van der Waals surface area contributed by atoms with Gasteiger partial charge in [-0.2, -0.15) is 15.0 Å². The van der Waals surface area contributed by atoms with Gasteiger partial charge in [0.1, 0.15) is 31.3 Å². The van der Waals surface area contributed by atoms with Gasteiger partial charge in [-0.1, -0.05) is 36.9 Å². The lowest BCUT2D eigenvalue weighted by molar-refractivity contribution is -0.139. The van der Waals surface area contributed by atoms with Crippen molar-refractivity contribution < 1.29 is 24.1 Å². The van der Waals surface area contributed by atoms with Crippen LogP contribution in [0.3, 0.4) is 0 Å². The van der Waals surface area contributed by atoms with Crippen molar-refractivity contribution in [3.63, 3.8) is 0 Å². The lowest BCUT2D eigenvalue weighted by Gasteiger charge is -2.13. The van der Waals surface area contributed by atoms with E-state index >= 15 is 0 Å². The zero-order valence-corrected chi connectivity index (χ0v) is 22.0. The highest BCUT2D eigenvalue weighted by atomic mass is 16.6. The molecule has 1 heterocycles. The Morgan fingerprint density at radius 3 is 1.75 bits per heavy atom. The number of benzene rings is 3. The van der Waals surface area contributed by atoms with E-state index in [4.69, 9.17) is 19.3 Å². The molecule has 4 rings (SSSR count). The minimum Gasteiger partial charge on any atom is -0.491 e. The molecule has 40 heavy (non-hydrogen) atoms. The fourth-order valence-corrected chi connectivity index (χ4v) is 3.36. The molecule has 0 unspecified atom stereocenters. The van der Waals surface area contributed by atoms with Gasteiger partial charge in [-0.15, -0.1) is 0 Å². The molecule has 0 aliphatic carbocycles. The van der Waals surface area contributed by atoms with Crippen molar-refractivity contribution in [3.05, 3.63) is 91.0 Å². The molecular formula is C29H30N6O5. The molecule has 206 valence electrons. The summed E-state index contributed by atoms with van der Waals surface area (Å²) < 4.78 is 16.3. The van der Waals surface area contributed by atoms with Crippen LogP contribution in [0.25, 0.3) is 0 Å². The smallest absolute Gasteiger partial charge is 0.333 e. The maximum absolute atomic E-state index is 11.5. The maximum Gasteiger partial charge on any atom is 0.333 e. The number of esters is 1. The third-order valence-electron chi connectivity index (χ3n) is 5.14. The van der Waals surface area contributed by atoms with E-state index in [-0.39, 0.29) is 32.4 Å². The number of carbonyl (C=O) groups excluding carboxylic acids is 1. The Labute approximate surface area is 231 Å². The third-order valence-corrected chi connectivity index (χ3v) is 5.14. The van der Waals surface area contributed by atoms with Gasteiger partial charge in [-0.25, -0.2) is 4.79 Å². The summed E-state index contributed by atoms with van der Waals surface area (Å²) in [7, 11) is 0. The van der Waals surface area contributed by atoms with Crippen LogP contribution in [0.5, 0.6) is 11.5 Å². The Morgan fingerprint density at radius 1 is 0.725 bits per heavy atom. The predicted octanol–water partition coefficient (Wildman–Crippen LogP) is 4.97. The number of hydrogen-bond acceptors (Lipinski definition) is 11. The highest BCUT2D eigenvalue weighted by Gasteiger charge is 2.10. The third kappa shape index (κ3) is 8.71. The van der Waals surface area contributed by atoms with Crippen molar-refractivity contribution in [2.45, 2.75) is 6.92 Å². The molecule has 0 aliphatic rings. The first-order valence-corrected chi connectivity index (χ1v) is 12.5.